The first kappa shape index (κ1) is 15.7. The van der Waals surface area contributed by atoms with Crippen LogP contribution in [0.1, 0.15) is 52.4 Å². The molecule has 0 spiro atoms. The van der Waals surface area contributed by atoms with Crippen molar-refractivity contribution in [2.24, 2.45) is 5.73 Å². The standard InChI is InChI=1S/C13H23NO3/c1-3-5-6-7-9-17-13(16)11(8-4-2)10-12(14)15/h10H,3-9H2,1-2H3,(H2,14,15)/b11-10-. The van der Waals surface area contributed by atoms with Crippen molar-refractivity contribution in [1.82, 2.24) is 0 Å². The largest absolute Gasteiger partial charge is 0.462 e. The molecule has 0 aliphatic carbocycles. The van der Waals surface area contributed by atoms with Crippen LogP contribution in [0, 0.1) is 0 Å². The Kier molecular flexibility index (Phi) is 9.11. The molecule has 4 nitrogen and oxygen atoms in total. The SMILES string of the molecule is CCCCCCOC(=O)/C(=C\C(N)=O)CCC. The Morgan fingerprint density at radius 1 is 1.12 bits per heavy atom. The Balaban J connectivity index is 4.02. The summed E-state index contributed by atoms with van der Waals surface area (Å²) in [6, 6.07) is 0. The van der Waals surface area contributed by atoms with Gasteiger partial charge < -0.3 is 10.5 Å². The van der Waals surface area contributed by atoms with Crippen LogP contribution in [-0.2, 0) is 14.3 Å². The molecule has 1 amide bonds. The van der Waals surface area contributed by atoms with E-state index >= 15 is 0 Å². The zero-order chi connectivity index (χ0) is 13.1. The van der Waals surface area contributed by atoms with E-state index in [1.165, 1.54) is 0 Å². The van der Waals surface area contributed by atoms with Crippen LogP contribution in [0.5, 0.6) is 0 Å². The third kappa shape index (κ3) is 8.48. The summed E-state index contributed by atoms with van der Waals surface area (Å²) in [5.41, 5.74) is 5.40. The number of nitrogens with two attached hydrogens (primary N) is 1. The van der Waals surface area contributed by atoms with E-state index in [1.807, 2.05) is 6.92 Å². The van der Waals surface area contributed by atoms with Crippen LogP contribution < -0.4 is 5.73 Å². The average Bonchev–Trinajstić information content (AvgIpc) is 2.27. The molecule has 0 atom stereocenters. The number of rotatable bonds is 9. The summed E-state index contributed by atoms with van der Waals surface area (Å²) in [4.78, 5) is 22.3. The van der Waals surface area contributed by atoms with Gasteiger partial charge in [-0.1, -0.05) is 39.5 Å². The number of hydrogen-bond donors (Lipinski definition) is 1. The van der Waals surface area contributed by atoms with E-state index in [1.54, 1.807) is 0 Å². The van der Waals surface area contributed by atoms with Gasteiger partial charge in [0.1, 0.15) is 0 Å². The first-order chi connectivity index (χ1) is 8.11. The average molecular weight is 241 g/mol. The smallest absolute Gasteiger partial charge is 0.334 e. The molecule has 0 saturated heterocycles. The van der Waals surface area contributed by atoms with E-state index in [4.69, 9.17) is 10.5 Å². The molecular weight excluding hydrogens is 218 g/mol. The first-order valence-electron chi connectivity index (χ1n) is 6.28. The van der Waals surface area contributed by atoms with Gasteiger partial charge in [-0.25, -0.2) is 4.79 Å². The Labute approximate surface area is 103 Å². The highest BCUT2D eigenvalue weighted by atomic mass is 16.5. The second-order valence-corrected chi connectivity index (χ2v) is 4.02. The third-order valence-electron chi connectivity index (χ3n) is 2.33. The van der Waals surface area contributed by atoms with Gasteiger partial charge >= 0.3 is 5.97 Å². The second-order valence-electron chi connectivity index (χ2n) is 4.02. The molecule has 0 unspecified atom stereocenters. The highest BCUT2D eigenvalue weighted by molar-refractivity contribution is 5.97. The molecule has 0 rings (SSSR count). The van der Waals surface area contributed by atoms with Crippen LogP contribution in [-0.4, -0.2) is 18.5 Å². The van der Waals surface area contributed by atoms with Crippen molar-refractivity contribution in [2.75, 3.05) is 6.61 Å². The number of carbonyl (C=O) groups excluding carboxylic acids is 2. The molecule has 0 aliphatic rings. The highest BCUT2D eigenvalue weighted by Gasteiger charge is 2.10. The summed E-state index contributed by atoms with van der Waals surface area (Å²) in [5, 5.41) is 0. The van der Waals surface area contributed by atoms with Crippen LogP contribution in [0.4, 0.5) is 0 Å². The van der Waals surface area contributed by atoms with E-state index < -0.39 is 11.9 Å². The van der Waals surface area contributed by atoms with E-state index in [-0.39, 0.29) is 0 Å². The molecule has 0 saturated carbocycles. The monoisotopic (exact) mass is 241 g/mol. The molecule has 0 aromatic rings. The molecule has 0 aromatic heterocycles. The topological polar surface area (TPSA) is 69.4 Å². The van der Waals surface area contributed by atoms with Crippen LogP contribution >= 0.6 is 0 Å². The van der Waals surface area contributed by atoms with Gasteiger partial charge in [0.2, 0.25) is 5.91 Å². The fourth-order valence-electron chi connectivity index (χ4n) is 1.46. The molecule has 17 heavy (non-hydrogen) atoms. The maximum Gasteiger partial charge on any atom is 0.334 e. The van der Waals surface area contributed by atoms with Crippen molar-refractivity contribution < 1.29 is 14.3 Å². The van der Waals surface area contributed by atoms with Gasteiger partial charge in [-0.2, -0.15) is 0 Å². The molecule has 0 radical (unpaired) electrons. The van der Waals surface area contributed by atoms with Crippen molar-refractivity contribution in [3.63, 3.8) is 0 Å². The number of ether oxygens (including phenoxy) is 1. The Morgan fingerprint density at radius 3 is 2.35 bits per heavy atom. The summed E-state index contributed by atoms with van der Waals surface area (Å²) >= 11 is 0. The highest BCUT2D eigenvalue weighted by Crippen LogP contribution is 2.08. The minimum absolute atomic E-state index is 0.371. The lowest BCUT2D eigenvalue weighted by Crippen LogP contribution is -2.14. The predicted octanol–water partition coefficient (Wildman–Crippen LogP) is 2.32. The van der Waals surface area contributed by atoms with Crippen LogP contribution in [0.25, 0.3) is 0 Å². The third-order valence-corrected chi connectivity index (χ3v) is 2.33. The molecule has 0 aromatic carbocycles. The van der Waals surface area contributed by atoms with E-state index in [2.05, 4.69) is 6.92 Å². The van der Waals surface area contributed by atoms with Gasteiger partial charge in [0, 0.05) is 11.6 Å². The van der Waals surface area contributed by atoms with E-state index in [0.717, 1.165) is 38.2 Å². The maximum absolute atomic E-state index is 11.6. The summed E-state index contributed by atoms with van der Waals surface area (Å²) in [6.07, 6.45) is 6.70. The molecule has 0 fully saturated rings. The number of unbranched alkanes of at least 4 members (excludes halogenated alkanes) is 3. The molecule has 98 valence electrons. The van der Waals surface area contributed by atoms with E-state index in [9.17, 15) is 9.59 Å². The number of esters is 1. The summed E-state index contributed by atoms with van der Waals surface area (Å²) in [5.74, 6) is -1.02. The van der Waals surface area contributed by atoms with Gasteiger partial charge in [-0.3, -0.25) is 4.79 Å². The molecule has 0 heterocycles. The normalized spacial score (nSPS) is 11.3. The van der Waals surface area contributed by atoms with Crippen molar-refractivity contribution >= 4 is 11.9 Å². The summed E-state index contributed by atoms with van der Waals surface area (Å²) in [6.45, 7) is 4.48. The molecule has 0 bridgehead atoms. The van der Waals surface area contributed by atoms with Crippen molar-refractivity contribution in [2.45, 2.75) is 52.4 Å². The number of amides is 1. The molecular formula is C13H23NO3. The van der Waals surface area contributed by atoms with Crippen LogP contribution in [0.2, 0.25) is 0 Å². The zero-order valence-corrected chi connectivity index (χ0v) is 10.8. The quantitative estimate of drug-likeness (QED) is 0.382. The Bertz CT molecular complexity index is 272. The van der Waals surface area contributed by atoms with Gasteiger partial charge in [0.05, 0.1) is 6.61 Å². The lowest BCUT2D eigenvalue weighted by atomic mass is 10.1. The maximum atomic E-state index is 11.6. The van der Waals surface area contributed by atoms with Gasteiger partial charge in [-0.05, 0) is 12.8 Å². The Hall–Kier alpha value is -1.32. The lowest BCUT2D eigenvalue weighted by molar-refractivity contribution is -0.139. The second kappa shape index (κ2) is 9.87. The summed E-state index contributed by atoms with van der Waals surface area (Å²) in [7, 11) is 0. The minimum atomic E-state index is -0.601. The molecule has 2 N–H and O–H groups in total. The predicted molar refractivity (Wildman–Crippen MR) is 67.3 cm³/mol. The fourth-order valence-corrected chi connectivity index (χ4v) is 1.46. The van der Waals surface area contributed by atoms with Crippen LogP contribution in [0.3, 0.4) is 0 Å². The fraction of sp³-hybridized carbons (Fsp3) is 0.692. The van der Waals surface area contributed by atoms with Gasteiger partial charge in [0.15, 0.2) is 0 Å². The lowest BCUT2D eigenvalue weighted by Gasteiger charge is -2.06. The van der Waals surface area contributed by atoms with Crippen LogP contribution in [0.15, 0.2) is 11.6 Å². The molecule has 4 heteroatoms. The number of hydrogen-bond acceptors (Lipinski definition) is 3. The van der Waals surface area contributed by atoms with Crippen molar-refractivity contribution in [1.29, 1.82) is 0 Å². The number of carbonyl (C=O) groups is 2. The van der Waals surface area contributed by atoms with Gasteiger partial charge in [-0.15, -0.1) is 0 Å². The van der Waals surface area contributed by atoms with Gasteiger partial charge in [0.25, 0.3) is 0 Å². The van der Waals surface area contributed by atoms with Crippen molar-refractivity contribution in [3.8, 4) is 0 Å². The summed E-state index contributed by atoms with van der Waals surface area (Å²) < 4.78 is 5.09. The first-order valence-corrected chi connectivity index (χ1v) is 6.28. The van der Waals surface area contributed by atoms with Crippen molar-refractivity contribution in [3.05, 3.63) is 11.6 Å². The Morgan fingerprint density at radius 2 is 1.82 bits per heavy atom. The molecule has 0 aliphatic heterocycles. The number of primary amides is 1. The zero-order valence-electron chi connectivity index (χ0n) is 10.8. The van der Waals surface area contributed by atoms with E-state index in [0.29, 0.717) is 18.6 Å². The minimum Gasteiger partial charge on any atom is -0.462 e.